The molecule has 1 heterocycles. The van der Waals surface area contributed by atoms with Crippen molar-refractivity contribution in [1.82, 2.24) is 9.88 Å². The summed E-state index contributed by atoms with van der Waals surface area (Å²) in [6, 6.07) is 14.6. The molecule has 0 aliphatic rings. The van der Waals surface area contributed by atoms with Crippen LogP contribution < -0.4 is 10.3 Å². The van der Waals surface area contributed by atoms with Gasteiger partial charge in [0.05, 0.1) is 7.11 Å². The fourth-order valence-electron chi connectivity index (χ4n) is 2.71. The molecule has 0 aliphatic carbocycles. The average Bonchev–Trinajstić information content (AvgIpc) is 2.60. The first-order valence-electron chi connectivity index (χ1n) is 7.69. The summed E-state index contributed by atoms with van der Waals surface area (Å²) >= 11 is 3.42. The number of rotatable bonds is 4. The molecule has 128 valence electrons. The Balaban J connectivity index is 1.92. The van der Waals surface area contributed by atoms with E-state index in [2.05, 4.69) is 20.9 Å². The molecule has 0 radical (unpaired) electrons. The van der Waals surface area contributed by atoms with E-state index in [1.54, 1.807) is 26.3 Å². The molecule has 1 N–H and O–H groups in total. The number of aromatic amines is 1. The fraction of sp³-hybridized carbons (Fsp3) is 0.158. The lowest BCUT2D eigenvalue weighted by molar-refractivity contribution is 0.0782. The van der Waals surface area contributed by atoms with Gasteiger partial charge in [-0.05, 0) is 35.7 Å². The predicted molar refractivity (Wildman–Crippen MR) is 101 cm³/mol. The first-order chi connectivity index (χ1) is 12.0. The molecule has 0 saturated heterocycles. The largest absolute Gasteiger partial charge is 0.496 e. The SMILES string of the molecule is COc1ccc(Br)cc1CN(C)C(=O)c1cc2ccccc2[nH]c1=O. The molecule has 0 atom stereocenters. The number of H-pyrrole nitrogens is 1. The molecule has 0 unspecified atom stereocenters. The van der Waals surface area contributed by atoms with Gasteiger partial charge < -0.3 is 14.6 Å². The van der Waals surface area contributed by atoms with Gasteiger partial charge in [0.1, 0.15) is 11.3 Å². The third kappa shape index (κ3) is 3.58. The van der Waals surface area contributed by atoms with Crippen molar-refractivity contribution in [2.75, 3.05) is 14.2 Å². The number of ether oxygens (including phenoxy) is 1. The van der Waals surface area contributed by atoms with Gasteiger partial charge in [0.25, 0.3) is 11.5 Å². The van der Waals surface area contributed by atoms with E-state index >= 15 is 0 Å². The molecule has 5 nitrogen and oxygen atoms in total. The first kappa shape index (κ1) is 17.2. The Morgan fingerprint density at radius 3 is 2.72 bits per heavy atom. The molecule has 25 heavy (non-hydrogen) atoms. The molecule has 3 aromatic rings. The van der Waals surface area contributed by atoms with Crippen molar-refractivity contribution in [3.63, 3.8) is 0 Å². The smallest absolute Gasteiger partial charge is 0.261 e. The van der Waals surface area contributed by atoms with Crippen LogP contribution in [-0.2, 0) is 6.54 Å². The highest BCUT2D eigenvalue weighted by Gasteiger charge is 2.18. The summed E-state index contributed by atoms with van der Waals surface area (Å²) in [5.41, 5.74) is 1.29. The molecule has 0 saturated carbocycles. The summed E-state index contributed by atoms with van der Waals surface area (Å²) in [6.45, 7) is 0.327. The van der Waals surface area contributed by atoms with Crippen molar-refractivity contribution in [3.05, 3.63) is 74.5 Å². The van der Waals surface area contributed by atoms with Gasteiger partial charge in [-0.25, -0.2) is 0 Å². The van der Waals surface area contributed by atoms with Crippen LogP contribution in [-0.4, -0.2) is 29.9 Å². The van der Waals surface area contributed by atoms with E-state index in [4.69, 9.17) is 4.74 Å². The number of carbonyl (C=O) groups is 1. The van der Waals surface area contributed by atoms with E-state index in [0.717, 1.165) is 15.4 Å². The lowest BCUT2D eigenvalue weighted by Gasteiger charge is -2.19. The van der Waals surface area contributed by atoms with Gasteiger partial charge in [-0.1, -0.05) is 34.1 Å². The average molecular weight is 401 g/mol. The van der Waals surface area contributed by atoms with Gasteiger partial charge in [-0.15, -0.1) is 0 Å². The highest BCUT2D eigenvalue weighted by molar-refractivity contribution is 9.10. The molecule has 0 spiro atoms. The Morgan fingerprint density at radius 1 is 1.20 bits per heavy atom. The second-order valence-electron chi connectivity index (χ2n) is 5.72. The van der Waals surface area contributed by atoms with Gasteiger partial charge in [0.2, 0.25) is 0 Å². The number of hydrogen-bond donors (Lipinski definition) is 1. The van der Waals surface area contributed by atoms with Crippen LogP contribution in [0.4, 0.5) is 0 Å². The highest BCUT2D eigenvalue weighted by Crippen LogP contribution is 2.24. The van der Waals surface area contributed by atoms with Gasteiger partial charge in [0, 0.05) is 29.1 Å². The molecular weight excluding hydrogens is 384 g/mol. The minimum absolute atomic E-state index is 0.121. The monoisotopic (exact) mass is 400 g/mol. The van der Waals surface area contributed by atoms with E-state index in [1.807, 2.05) is 36.4 Å². The standard InChI is InChI=1S/C19H17BrN2O3/c1-22(11-13-9-14(20)7-8-17(13)25-2)19(24)15-10-12-5-3-4-6-16(12)21-18(15)23/h3-10H,11H2,1-2H3,(H,21,23). The summed E-state index contributed by atoms with van der Waals surface area (Å²) in [6.07, 6.45) is 0. The number of halogens is 1. The quantitative estimate of drug-likeness (QED) is 0.727. The van der Waals surface area contributed by atoms with Crippen molar-refractivity contribution >= 4 is 32.7 Å². The van der Waals surface area contributed by atoms with Crippen molar-refractivity contribution in [1.29, 1.82) is 0 Å². The number of fused-ring (bicyclic) bond motifs is 1. The second kappa shape index (κ2) is 7.11. The Bertz CT molecular complexity index is 997. The zero-order valence-electron chi connectivity index (χ0n) is 13.9. The summed E-state index contributed by atoms with van der Waals surface area (Å²) in [5.74, 6) is 0.351. The molecule has 1 aromatic heterocycles. The van der Waals surface area contributed by atoms with Gasteiger partial charge in [0.15, 0.2) is 0 Å². The minimum atomic E-state index is -0.392. The zero-order chi connectivity index (χ0) is 18.0. The van der Waals surface area contributed by atoms with E-state index in [1.165, 1.54) is 4.90 Å². The van der Waals surface area contributed by atoms with Crippen LogP contribution in [0.3, 0.4) is 0 Å². The highest BCUT2D eigenvalue weighted by atomic mass is 79.9. The number of aromatic nitrogens is 1. The molecule has 0 aliphatic heterocycles. The van der Waals surface area contributed by atoms with Crippen molar-refractivity contribution in [3.8, 4) is 5.75 Å². The summed E-state index contributed by atoms with van der Waals surface area (Å²) in [4.78, 5) is 29.3. The van der Waals surface area contributed by atoms with Gasteiger partial charge >= 0.3 is 0 Å². The maximum atomic E-state index is 12.8. The van der Waals surface area contributed by atoms with Crippen molar-refractivity contribution in [2.24, 2.45) is 0 Å². The Hall–Kier alpha value is -2.60. The number of nitrogens with zero attached hydrogens (tertiary/aromatic N) is 1. The Labute approximate surface area is 153 Å². The summed E-state index contributed by atoms with van der Waals surface area (Å²) in [7, 11) is 3.25. The number of carbonyl (C=O) groups excluding carboxylic acids is 1. The van der Waals surface area contributed by atoms with Crippen LogP contribution in [0.1, 0.15) is 15.9 Å². The maximum absolute atomic E-state index is 12.8. The van der Waals surface area contributed by atoms with E-state index in [-0.39, 0.29) is 11.5 Å². The molecular formula is C19H17BrN2O3. The summed E-state index contributed by atoms with van der Waals surface area (Å²) < 4.78 is 6.24. The number of nitrogens with one attached hydrogen (secondary N) is 1. The maximum Gasteiger partial charge on any atom is 0.261 e. The lowest BCUT2D eigenvalue weighted by Crippen LogP contribution is -2.31. The van der Waals surface area contributed by atoms with Crippen LogP contribution in [0.25, 0.3) is 10.9 Å². The second-order valence-corrected chi connectivity index (χ2v) is 6.63. The lowest BCUT2D eigenvalue weighted by atomic mass is 10.1. The number of amides is 1. The number of hydrogen-bond acceptors (Lipinski definition) is 3. The van der Waals surface area contributed by atoms with Crippen LogP contribution in [0.5, 0.6) is 5.75 Å². The molecule has 6 heteroatoms. The van der Waals surface area contributed by atoms with E-state index in [0.29, 0.717) is 17.8 Å². The number of para-hydroxylation sites is 1. The van der Waals surface area contributed by atoms with Gasteiger partial charge in [-0.3, -0.25) is 9.59 Å². The molecule has 1 amide bonds. The Kier molecular flexibility index (Phi) is 4.90. The van der Waals surface area contributed by atoms with Crippen LogP contribution in [0.15, 0.2) is 57.8 Å². The van der Waals surface area contributed by atoms with Crippen molar-refractivity contribution in [2.45, 2.75) is 6.54 Å². The van der Waals surface area contributed by atoms with Gasteiger partial charge in [-0.2, -0.15) is 0 Å². The zero-order valence-corrected chi connectivity index (χ0v) is 15.5. The molecule has 0 bridgehead atoms. The first-order valence-corrected chi connectivity index (χ1v) is 8.49. The van der Waals surface area contributed by atoms with E-state index < -0.39 is 5.56 Å². The number of pyridine rings is 1. The predicted octanol–water partition coefficient (Wildman–Crippen LogP) is 3.57. The van der Waals surface area contributed by atoms with Crippen LogP contribution >= 0.6 is 15.9 Å². The summed E-state index contributed by atoms with van der Waals surface area (Å²) in [5, 5.41) is 0.818. The Morgan fingerprint density at radius 2 is 1.96 bits per heavy atom. The fourth-order valence-corrected chi connectivity index (χ4v) is 3.12. The number of benzene rings is 2. The van der Waals surface area contributed by atoms with E-state index in [9.17, 15) is 9.59 Å². The molecule has 2 aromatic carbocycles. The van der Waals surface area contributed by atoms with Crippen LogP contribution in [0, 0.1) is 0 Å². The normalized spacial score (nSPS) is 10.7. The third-order valence-electron chi connectivity index (χ3n) is 3.98. The number of methoxy groups -OCH3 is 1. The third-order valence-corrected chi connectivity index (χ3v) is 4.47. The molecule has 0 fully saturated rings. The molecule has 3 rings (SSSR count). The minimum Gasteiger partial charge on any atom is -0.496 e. The topological polar surface area (TPSA) is 62.4 Å². The van der Waals surface area contributed by atoms with Crippen molar-refractivity contribution < 1.29 is 9.53 Å². The van der Waals surface area contributed by atoms with Crippen LogP contribution in [0.2, 0.25) is 0 Å².